The van der Waals surface area contributed by atoms with Gasteiger partial charge < -0.3 is 5.73 Å². The maximum Gasteiger partial charge on any atom is 0.0543 e. The van der Waals surface area contributed by atoms with Gasteiger partial charge in [0.1, 0.15) is 0 Å². The topological polar surface area (TPSA) is 42.1 Å². The zero-order chi connectivity index (χ0) is 13.7. The van der Waals surface area contributed by atoms with Crippen LogP contribution in [0.2, 0.25) is 0 Å². The third-order valence-electron chi connectivity index (χ3n) is 4.38. The summed E-state index contributed by atoms with van der Waals surface area (Å²) in [7, 11) is 2.19. The van der Waals surface area contributed by atoms with E-state index >= 15 is 0 Å². The summed E-state index contributed by atoms with van der Waals surface area (Å²) in [5.41, 5.74) is 7.56. The zero-order valence-corrected chi connectivity index (χ0v) is 12.3. The molecule has 1 saturated carbocycles. The Balaban J connectivity index is 1.94. The molecule has 106 valence electrons. The van der Waals surface area contributed by atoms with Crippen molar-refractivity contribution in [3.63, 3.8) is 0 Å². The molecule has 0 bridgehead atoms. The number of nitrogens with two attached hydrogens (primary N) is 1. The average Bonchev–Trinajstić information content (AvgIpc) is 2.39. The highest BCUT2D eigenvalue weighted by atomic mass is 15.1. The van der Waals surface area contributed by atoms with E-state index in [0.717, 1.165) is 31.2 Å². The lowest BCUT2D eigenvalue weighted by atomic mass is 9.70. The lowest BCUT2D eigenvalue weighted by molar-refractivity contribution is 0.0976. The summed E-state index contributed by atoms with van der Waals surface area (Å²) in [5.74, 6) is 0.820. The van der Waals surface area contributed by atoms with E-state index in [2.05, 4.69) is 36.0 Å². The number of aromatic nitrogens is 1. The first-order chi connectivity index (χ1) is 9.13. The summed E-state index contributed by atoms with van der Waals surface area (Å²) < 4.78 is 0. The number of rotatable bonds is 5. The van der Waals surface area contributed by atoms with Crippen LogP contribution in [0.3, 0.4) is 0 Å². The molecule has 3 heteroatoms. The molecule has 19 heavy (non-hydrogen) atoms. The quantitative estimate of drug-likeness (QED) is 0.886. The number of pyridine rings is 1. The van der Waals surface area contributed by atoms with Crippen LogP contribution in [-0.4, -0.2) is 30.0 Å². The van der Waals surface area contributed by atoms with E-state index in [-0.39, 0.29) is 0 Å². The molecule has 2 N–H and O–H groups in total. The molecule has 1 fully saturated rings. The minimum Gasteiger partial charge on any atom is -0.330 e. The second-order valence-corrected chi connectivity index (χ2v) is 6.40. The first kappa shape index (κ1) is 14.5. The predicted octanol–water partition coefficient (Wildman–Crippen LogP) is 2.67. The van der Waals surface area contributed by atoms with Gasteiger partial charge in [-0.15, -0.1) is 0 Å². The van der Waals surface area contributed by atoms with Crippen LogP contribution in [0.5, 0.6) is 0 Å². The highest BCUT2D eigenvalue weighted by molar-refractivity contribution is 5.03. The van der Waals surface area contributed by atoms with Gasteiger partial charge in [-0.3, -0.25) is 9.88 Å². The average molecular weight is 261 g/mol. The van der Waals surface area contributed by atoms with Crippen LogP contribution in [0, 0.1) is 11.3 Å². The summed E-state index contributed by atoms with van der Waals surface area (Å²) in [4.78, 5) is 6.78. The van der Waals surface area contributed by atoms with Gasteiger partial charge in [-0.25, -0.2) is 0 Å². The van der Waals surface area contributed by atoms with Crippen molar-refractivity contribution in [3.8, 4) is 0 Å². The van der Waals surface area contributed by atoms with Gasteiger partial charge in [0.05, 0.1) is 5.69 Å². The minimum atomic E-state index is 0.321. The molecule has 2 rings (SSSR count). The first-order valence-electron chi connectivity index (χ1n) is 7.42. The number of hydrogen-bond donors (Lipinski definition) is 1. The normalized spacial score (nSPS) is 27.7. The fourth-order valence-corrected chi connectivity index (χ4v) is 3.56. The van der Waals surface area contributed by atoms with Gasteiger partial charge in [-0.05, 0) is 49.9 Å². The van der Waals surface area contributed by atoms with Crippen LogP contribution in [0.4, 0.5) is 0 Å². The van der Waals surface area contributed by atoms with Crippen molar-refractivity contribution in [1.29, 1.82) is 0 Å². The SMILES string of the molecule is CC1CCCC(CN)(CN(C)Cc2ccccn2)C1. The third kappa shape index (κ3) is 4.02. The van der Waals surface area contributed by atoms with Crippen molar-refractivity contribution >= 4 is 0 Å². The Morgan fingerprint density at radius 2 is 2.32 bits per heavy atom. The Labute approximate surface area is 117 Å². The molecular weight excluding hydrogens is 234 g/mol. The second kappa shape index (κ2) is 6.49. The van der Waals surface area contributed by atoms with E-state index in [9.17, 15) is 0 Å². The van der Waals surface area contributed by atoms with Crippen molar-refractivity contribution in [3.05, 3.63) is 30.1 Å². The Bertz CT molecular complexity index is 379. The van der Waals surface area contributed by atoms with Crippen LogP contribution in [0.15, 0.2) is 24.4 Å². The molecule has 1 heterocycles. The Kier molecular flexibility index (Phi) is 4.94. The molecule has 0 saturated heterocycles. The molecule has 2 atom stereocenters. The Morgan fingerprint density at radius 1 is 1.47 bits per heavy atom. The van der Waals surface area contributed by atoms with Gasteiger partial charge in [0.25, 0.3) is 0 Å². The summed E-state index contributed by atoms with van der Waals surface area (Å²) in [6.45, 7) is 5.17. The summed E-state index contributed by atoms with van der Waals surface area (Å²) in [6.07, 6.45) is 7.11. The summed E-state index contributed by atoms with van der Waals surface area (Å²) in [6, 6.07) is 6.11. The molecule has 0 aromatic carbocycles. The largest absolute Gasteiger partial charge is 0.330 e. The van der Waals surface area contributed by atoms with Crippen LogP contribution in [0.1, 0.15) is 38.3 Å². The highest BCUT2D eigenvalue weighted by Gasteiger charge is 2.34. The lowest BCUT2D eigenvalue weighted by Crippen LogP contribution is -2.44. The van der Waals surface area contributed by atoms with E-state index in [1.165, 1.54) is 25.7 Å². The van der Waals surface area contributed by atoms with Crippen molar-refractivity contribution in [2.75, 3.05) is 20.1 Å². The third-order valence-corrected chi connectivity index (χ3v) is 4.38. The Morgan fingerprint density at radius 3 is 2.95 bits per heavy atom. The first-order valence-corrected chi connectivity index (χ1v) is 7.42. The van der Waals surface area contributed by atoms with Crippen LogP contribution >= 0.6 is 0 Å². The number of hydrogen-bond acceptors (Lipinski definition) is 3. The molecule has 1 aromatic rings. The number of nitrogens with zero attached hydrogens (tertiary/aromatic N) is 2. The van der Waals surface area contributed by atoms with Crippen LogP contribution in [0.25, 0.3) is 0 Å². The molecular formula is C16H27N3. The van der Waals surface area contributed by atoms with E-state index in [4.69, 9.17) is 5.73 Å². The van der Waals surface area contributed by atoms with Gasteiger partial charge in [-0.2, -0.15) is 0 Å². The van der Waals surface area contributed by atoms with Gasteiger partial charge >= 0.3 is 0 Å². The molecule has 2 unspecified atom stereocenters. The lowest BCUT2D eigenvalue weighted by Gasteiger charge is -2.41. The van der Waals surface area contributed by atoms with E-state index in [0.29, 0.717) is 5.41 Å². The van der Waals surface area contributed by atoms with Gasteiger partial charge in [0, 0.05) is 19.3 Å². The monoisotopic (exact) mass is 261 g/mol. The van der Waals surface area contributed by atoms with Crippen molar-refractivity contribution in [1.82, 2.24) is 9.88 Å². The molecule has 0 radical (unpaired) electrons. The van der Waals surface area contributed by atoms with Crippen molar-refractivity contribution in [2.24, 2.45) is 17.1 Å². The highest BCUT2D eigenvalue weighted by Crippen LogP contribution is 2.39. The predicted molar refractivity (Wildman–Crippen MR) is 79.7 cm³/mol. The maximum atomic E-state index is 6.10. The second-order valence-electron chi connectivity index (χ2n) is 6.40. The minimum absolute atomic E-state index is 0.321. The summed E-state index contributed by atoms with van der Waals surface area (Å²) >= 11 is 0. The molecule has 0 spiro atoms. The van der Waals surface area contributed by atoms with E-state index < -0.39 is 0 Å². The van der Waals surface area contributed by atoms with Crippen molar-refractivity contribution < 1.29 is 0 Å². The fourth-order valence-electron chi connectivity index (χ4n) is 3.56. The van der Waals surface area contributed by atoms with E-state index in [1.807, 2.05) is 12.3 Å². The standard InChI is InChI=1S/C16H27N3/c1-14-6-5-8-16(10-14,12-17)13-19(2)11-15-7-3-4-9-18-15/h3-4,7,9,14H,5-6,8,10-13,17H2,1-2H3. The Hall–Kier alpha value is -0.930. The molecule has 0 amide bonds. The molecule has 0 aliphatic heterocycles. The van der Waals surface area contributed by atoms with Gasteiger partial charge in [-0.1, -0.05) is 25.8 Å². The van der Waals surface area contributed by atoms with Crippen LogP contribution < -0.4 is 5.73 Å². The molecule has 3 nitrogen and oxygen atoms in total. The van der Waals surface area contributed by atoms with E-state index in [1.54, 1.807) is 0 Å². The molecule has 1 aromatic heterocycles. The summed E-state index contributed by atoms with van der Waals surface area (Å²) in [5, 5.41) is 0. The zero-order valence-electron chi connectivity index (χ0n) is 12.3. The maximum absolute atomic E-state index is 6.10. The van der Waals surface area contributed by atoms with Crippen LogP contribution in [-0.2, 0) is 6.54 Å². The smallest absolute Gasteiger partial charge is 0.0543 e. The van der Waals surface area contributed by atoms with Gasteiger partial charge in [0.15, 0.2) is 0 Å². The van der Waals surface area contributed by atoms with Gasteiger partial charge in [0.2, 0.25) is 0 Å². The molecule has 1 aliphatic rings. The van der Waals surface area contributed by atoms with Crippen molar-refractivity contribution in [2.45, 2.75) is 39.2 Å². The molecule has 1 aliphatic carbocycles. The fraction of sp³-hybridized carbons (Fsp3) is 0.688.